The predicted octanol–water partition coefficient (Wildman–Crippen LogP) is 3.45. The Hall–Kier alpha value is -1.59. The molecule has 1 fully saturated rings. The number of rotatable bonds is 9. The highest BCUT2D eigenvalue weighted by Crippen LogP contribution is 2.34. The summed E-state index contributed by atoms with van der Waals surface area (Å²) in [6.07, 6.45) is 3.04. The van der Waals surface area contributed by atoms with Crippen molar-refractivity contribution in [2.45, 2.75) is 64.0 Å². The number of benzene rings is 1. The third-order valence-electron chi connectivity index (χ3n) is 5.75. The molecule has 1 aliphatic rings. The minimum atomic E-state index is -0.807. The summed E-state index contributed by atoms with van der Waals surface area (Å²) >= 11 is 5.99. The second-order valence-electron chi connectivity index (χ2n) is 7.05. The molecule has 0 spiro atoms. The van der Waals surface area contributed by atoms with Crippen molar-refractivity contribution >= 4 is 23.5 Å². The minimum absolute atomic E-state index is 0.0505. The Morgan fingerprint density at radius 2 is 1.77 bits per heavy atom. The van der Waals surface area contributed by atoms with Crippen LogP contribution in [0.3, 0.4) is 0 Å². The van der Waals surface area contributed by atoms with E-state index >= 15 is 0 Å². The second kappa shape index (κ2) is 8.87. The number of hydrogen-bond donors (Lipinski definition) is 2. The molecule has 0 bridgehead atoms. The van der Waals surface area contributed by atoms with E-state index in [0.717, 1.165) is 18.4 Å². The summed E-state index contributed by atoms with van der Waals surface area (Å²) in [4.78, 5) is 26.0. The normalized spacial score (nSPS) is 19.9. The standard InChI is InChI=1S/C20H29ClN2O3/c1-4-20(5-2,14-7-9-15(21)10-8-14)19(26)22-16-11-17(12-16)23(6-3)13-18(24)25/h7-10,16-17H,4-6,11-13H2,1-3H3,(H,22,26)(H,24,25). The zero-order chi connectivity index (χ0) is 19.3. The third kappa shape index (κ3) is 4.38. The molecule has 6 heteroatoms. The van der Waals surface area contributed by atoms with Crippen molar-refractivity contribution in [3.05, 3.63) is 34.9 Å². The van der Waals surface area contributed by atoms with Crippen molar-refractivity contribution < 1.29 is 14.7 Å². The average Bonchev–Trinajstić information content (AvgIpc) is 2.58. The van der Waals surface area contributed by atoms with Gasteiger partial charge >= 0.3 is 5.97 Å². The van der Waals surface area contributed by atoms with Crippen molar-refractivity contribution in [3.63, 3.8) is 0 Å². The average molecular weight is 381 g/mol. The van der Waals surface area contributed by atoms with Gasteiger partial charge in [0.25, 0.3) is 0 Å². The van der Waals surface area contributed by atoms with Crippen LogP contribution in [0.2, 0.25) is 5.02 Å². The van der Waals surface area contributed by atoms with Gasteiger partial charge in [-0.3, -0.25) is 14.5 Å². The Kier molecular flexibility index (Phi) is 7.07. The van der Waals surface area contributed by atoms with Crippen LogP contribution in [0.5, 0.6) is 0 Å². The van der Waals surface area contributed by atoms with E-state index in [-0.39, 0.29) is 24.5 Å². The number of amides is 1. The van der Waals surface area contributed by atoms with Gasteiger partial charge in [-0.25, -0.2) is 0 Å². The first-order valence-corrected chi connectivity index (χ1v) is 9.76. The molecule has 0 aromatic heterocycles. The molecular formula is C20H29ClN2O3. The summed E-state index contributed by atoms with van der Waals surface area (Å²) in [5, 5.41) is 12.8. The summed E-state index contributed by atoms with van der Waals surface area (Å²) in [6.45, 7) is 6.80. The van der Waals surface area contributed by atoms with Gasteiger partial charge in [0.15, 0.2) is 0 Å². The molecule has 26 heavy (non-hydrogen) atoms. The number of hydrogen-bond acceptors (Lipinski definition) is 3. The first kappa shape index (κ1) is 20.7. The van der Waals surface area contributed by atoms with Gasteiger partial charge in [-0.05, 0) is 49.9 Å². The van der Waals surface area contributed by atoms with Crippen molar-refractivity contribution in [2.24, 2.45) is 0 Å². The largest absolute Gasteiger partial charge is 0.480 e. The fourth-order valence-corrected chi connectivity index (χ4v) is 4.01. The fourth-order valence-electron chi connectivity index (χ4n) is 3.88. The van der Waals surface area contributed by atoms with E-state index < -0.39 is 11.4 Å². The van der Waals surface area contributed by atoms with E-state index in [1.807, 2.05) is 49.9 Å². The Bertz CT molecular complexity index is 622. The zero-order valence-electron chi connectivity index (χ0n) is 15.8. The number of carboxylic acids is 1. The maximum atomic E-state index is 13.1. The molecule has 0 radical (unpaired) electrons. The number of nitrogens with one attached hydrogen (secondary N) is 1. The van der Waals surface area contributed by atoms with Crippen LogP contribution < -0.4 is 5.32 Å². The lowest BCUT2D eigenvalue weighted by Gasteiger charge is -2.44. The van der Waals surface area contributed by atoms with Gasteiger partial charge in [0.1, 0.15) is 0 Å². The van der Waals surface area contributed by atoms with Crippen LogP contribution >= 0.6 is 11.6 Å². The summed E-state index contributed by atoms with van der Waals surface area (Å²) < 4.78 is 0. The highest BCUT2D eigenvalue weighted by molar-refractivity contribution is 6.30. The molecule has 0 unspecified atom stereocenters. The molecule has 144 valence electrons. The van der Waals surface area contributed by atoms with Gasteiger partial charge in [0, 0.05) is 17.1 Å². The third-order valence-corrected chi connectivity index (χ3v) is 6.00. The fraction of sp³-hybridized carbons (Fsp3) is 0.600. The Morgan fingerprint density at radius 3 is 2.23 bits per heavy atom. The maximum absolute atomic E-state index is 13.1. The van der Waals surface area contributed by atoms with Crippen LogP contribution in [0.15, 0.2) is 24.3 Å². The van der Waals surface area contributed by atoms with Crippen molar-refractivity contribution in [1.82, 2.24) is 10.2 Å². The van der Waals surface area contributed by atoms with E-state index in [1.165, 1.54) is 0 Å². The number of nitrogens with zero attached hydrogens (tertiary/aromatic N) is 1. The van der Waals surface area contributed by atoms with E-state index in [0.29, 0.717) is 24.4 Å². The number of likely N-dealkylation sites (N-methyl/N-ethyl adjacent to an activating group) is 1. The Morgan fingerprint density at radius 1 is 1.19 bits per heavy atom. The molecule has 2 rings (SSSR count). The van der Waals surface area contributed by atoms with Crippen LogP contribution in [0.1, 0.15) is 52.0 Å². The van der Waals surface area contributed by atoms with Gasteiger partial charge in [-0.1, -0.05) is 44.5 Å². The van der Waals surface area contributed by atoms with Crippen molar-refractivity contribution in [2.75, 3.05) is 13.1 Å². The van der Waals surface area contributed by atoms with E-state index in [4.69, 9.17) is 16.7 Å². The summed E-state index contributed by atoms with van der Waals surface area (Å²) in [7, 11) is 0. The molecule has 2 N–H and O–H groups in total. The lowest BCUT2D eigenvalue weighted by Crippen LogP contribution is -2.57. The lowest BCUT2D eigenvalue weighted by molar-refractivity contribution is -0.140. The smallest absolute Gasteiger partial charge is 0.317 e. The van der Waals surface area contributed by atoms with Crippen LogP contribution in [0.4, 0.5) is 0 Å². The number of carboxylic acid groups (broad SMARTS) is 1. The van der Waals surface area contributed by atoms with Gasteiger partial charge in [-0.2, -0.15) is 0 Å². The van der Waals surface area contributed by atoms with E-state index in [1.54, 1.807) is 0 Å². The SMILES string of the molecule is CCN(CC(=O)O)C1CC(NC(=O)C(CC)(CC)c2ccc(Cl)cc2)C1. The first-order chi connectivity index (χ1) is 12.4. The Labute approximate surface area is 160 Å². The monoisotopic (exact) mass is 380 g/mol. The van der Waals surface area contributed by atoms with Gasteiger partial charge < -0.3 is 10.4 Å². The molecule has 0 aliphatic heterocycles. The number of halogens is 1. The highest BCUT2D eigenvalue weighted by Gasteiger charge is 2.41. The molecule has 0 saturated heterocycles. The first-order valence-electron chi connectivity index (χ1n) is 9.39. The Balaban J connectivity index is 2.01. The zero-order valence-corrected chi connectivity index (χ0v) is 16.6. The molecule has 1 aliphatic carbocycles. The summed E-state index contributed by atoms with van der Waals surface area (Å²) in [5.41, 5.74) is 0.433. The maximum Gasteiger partial charge on any atom is 0.317 e. The topological polar surface area (TPSA) is 69.6 Å². The quantitative estimate of drug-likeness (QED) is 0.688. The molecule has 5 nitrogen and oxygen atoms in total. The molecule has 0 heterocycles. The van der Waals surface area contributed by atoms with Gasteiger partial charge in [0.2, 0.25) is 5.91 Å². The molecule has 1 saturated carbocycles. The van der Waals surface area contributed by atoms with Crippen molar-refractivity contribution in [1.29, 1.82) is 0 Å². The summed E-state index contributed by atoms with van der Waals surface area (Å²) in [5.74, 6) is -0.757. The van der Waals surface area contributed by atoms with Crippen LogP contribution in [-0.4, -0.2) is 47.1 Å². The number of carbonyl (C=O) groups is 2. The molecule has 1 aromatic rings. The van der Waals surface area contributed by atoms with Crippen molar-refractivity contribution in [3.8, 4) is 0 Å². The van der Waals surface area contributed by atoms with E-state index in [2.05, 4.69) is 5.32 Å². The van der Waals surface area contributed by atoms with Gasteiger partial charge in [0.05, 0.1) is 12.0 Å². The minimum Gasteiger partial charge on any atom is -0.480 e. The molecule has 1 aromatic carbocycles. The lowest BCUT2D eigenvalue weighted by atomic mass is 9.74. The predicted molar refractivity (Wildman–Crippen MR) is 104 cm³/mol. The number of carbonyl (C=O) groups excluding carboxylic acids is 1. The van der Waals surface area contributed by atoms with Crippen LogP contribution in [-0.2, 0) is 15.0 Å². The number of aliphatic carboxylic acids is 1. The van der Waals surface area contributed by atoms with Crippen LogP contribution in [0.25, 0.3) is 0 Å². The van der Waals surface area contributed by atoms with Gasteiger partial charge in [-0.15, -0.1) is 0 Å². The second-order valence-corrected chi connectivity index (χ2v) is 7.48. The molecular weight excluding hydrogens is 352 g/mol. The van der Waals surface area contributed by atoms with E-state index in [9.17, 15) is 9.59 Å². The molecule has 0 atom stereocenters. The highest BCUT2D eigenvalue weighted by atomic mass is 35.5. The molecule has 1 amide bonds. The van der Waals surface area contributed by atoms with Crippen LogP contribution in [0, 0.1) is 0 Å². The summed E-state index contributed by atoms with van der Waals surface area (Å²) in [6, 6.07) is 7.87.